The van der Waals surface area contributed by atoms with Crippen molar-refractivity contribution in [3.63, 3.8) is 0 Å². The van der Waals surface area contributed by atoms with Gasteiger partial charge in [0.15, 0.2) is 0 Å². The first-order valence-electron chi connectivity index (χ1n) is 5.75. The van der Waals surface area contributed by atoms with E-state index in [0.717, 1.165) is 12.8 Å². The van der Waals surface area contributed by atoms with Gasteiger partial charge in [-0.2, -0.15) is 0 Å². The maximum absolute atomic E-state index is 11.3. The SMILES string of the molecule is [CH2]CCCC(=O)OC(=O)CC1CCCC1. The van der Waals surface area contributed by atoms with E-state index >= 15 is 0 Å². The van der Waals surface area contributed by atoms with Gasteiger partial charge in [-0.3, -0.25) is 9.59 Å². The van der Waals surface area contributed by atoms with E-state index in [2.05, 4.69) is 6.92 Å². The zero-order valence-corrected chi connectivity index (χ0v) is 9.17. The lowest BCUT2D eigenvalue weighted by Gasteiger charge is -2.07. The Kier molecular flexibility index (Phi) is 5.37. The molecule has 0 aliphatic heterocycles. The second-order valence-corrected chi connectivity index (χ2v) is 4.16. The highest BCUT2D eigenvalue weighted by Gasteiger charge is 2.20. The van der Waals surface area contributed by atoms with Gasteiger partial charge in [-0.25, -0.2) is 0 Å². The predicted octanol–water partition coefficient (Wildman–Crippen LogP) is 2.64. The number of hydrogen-bond acceptors (Lipinski definition) is 3. The summed E-state index contributed by atoms with van der Waals surface area (Å²) in [6, 6.07) is 0. The normalized spacial score (nSPS) is 16.6. The standard InChI is InChI=1S/C12H19O3/c1-2-3-8-11(13)15-12(14)9-10-6-4-5-7-10/h10H,1-9H2. The highest BCUT2D eigenvalue weighted by molar-refractivity contribution is 5.85. The molecule has 1 fully saturated rings. The van der Waals surface area contributed by atoms with Crippen molar-refractivity contribution in [2.75, 3.05) is 0 Å². The molecule has 1 aliphatic rings. The number of hydrogen-bond donors (Lipinski definition) is 0. The molecule has 3 heteroatoms. The molecule has 0 aromatic carbocycles. The summed E-state index contributed by atoms with van der Waals surface area (Å²) >= 11 is 0. The van der Waals surface area contributed by atoms with E-state index in [-0.39, 0.29) is 5.97 Å². The molecule has 0 aromatic rings. The second kappa shape index (κ2) is 6.59. The summed E-state index contributed by atoms with van der Waals surface area (Å²) < 4.78 is 4.71. The van der Waals surface area contributed by atoms with Gasteiger partial charge in [-0.15, -0.1) is 0 Å². The van der Waals surface area contributed by atoms with E-state index in [4.69, 9.17) is 4.74 Å². The molecule has 0 amide bonds. The molecule has 1 radical (unpaired) electrons. The van der Waals surface area contributed by atoms with Crippen LogP contribution >= 0.6 is 0 Å². The molecule has 0 N–H and O–H groups in total. The molecule has 0 atom stereocenters. The van der Waals surface area contributed by atoms with E-state index in [9.17, 15) is 9.59 Å². The molecule has 1 rings (SSSR count). The van der Waals surface area contributed by atoms with Gasteiger partial charge in [-0.1, -0.05) is 26.2 Å². The monoisotopic (exact) mass is 211 g/mol. The maximum atomic E-state index is 11.3. The number of carbonyl (C=O) groups excluding carboxylic acids is 2. The first-order valence-corrected chi connectivity index (χ1v) is 5.75. The van der Waals surface area contributed by atoms with Crippen LogP contribution in [0.5, 0.6) is 0 Å². The van der Waals surface area contributed by atoms with E-state index in [1.165, 1.54) is 12.8 Å². The van der Waals surface area contributed by atoms with E-state index in [0.29, 0.717) is 31.6 Å². The third-order valence-electron chi connectivity index (χ3n) is 2.79. The first kappa shape index (κ1) is 12.2. The van der Waals surface area contributed by atoms with Crippen LogP contribution in [-0.4, -0.2) is 11.9 Å². The Balaban J connectivity index is 2.14. The zero-order chi connectivity index (χ0) is 11.1. The summed E-state index contributed by atoms with van der Waals surface area (Å²) in [4.78, 5) is 22.4. The molecule has 0 unspecified atom stereocenters. The van der Waals surface area contributed by atoms with Crippen molar-refractivity contribution in [3.05, 3.63) is 6.92 Å². The Hall–Kier alpha value is -0.860. The minimum Gasteiger partial charge on any atom is -0.393 e. The number of ether oxygens (including phenoxy) is 1. The molecule has 0 bridgehead atoms. The van der Waals surface area contributed by atoms with Gasteiger partial charge in [0.2, 0.25) is 0 Å². The molecule has 85 valence electrons. The van der Waals surface area contributed by atoms with E-state index in [1.807, 2.05) is 0 Å². The van der Waals surface area contributed by atoms with Crippen LogP contribution in [0, 0.1) is 12.8 Å². The Morgan fingerprint density at radius 3 is 2.47 bits per heavy atom. The topological polar surface area (TPSA) is 43.4 Å². The van der Waals surface area contributed by atoms with E-state index < -0.39 is 5.97 Å². The van der Waals surface area contributed by atoms with E-state index in [1.54, 1.807) is 0 Å². The molecule has 0 heterocycles. The molecule has 1 aliphatic carbocycles. The summed E-state index contributed by atoms with van der Waals surface area (Å²) in [5.41, 5.74) is 0. The number of rotatable bonds is 5. The third-order valence-corrected chi connectivity index (χ3v) is 2.79. The van der Waals surface area contributed by atoms with Gasteiger partial charge >= 0.3 is 11.9 Å². The fourth-order valence-corrected chi connectivity index (χ4v) is 1.94. The van der Waals surface area contributed by atoms with Crippen molar-refractivity contribution in [2.45, 2.75) is 51.4 Å². The molecular formula is C12H19O3. The molecule has 1 saturated carbocycles. The zero-order valence-electron chi connectivity index (χ0n) is 9.17. The van der Waals surface area contributed by atoms with Gasteiger partial charge in [0.25, 0.3) is 0 Å². The highest BCUT2D eigenvalue weighted by atomic mass is 16.6. The van der Waals surface area contributed by atoms with Crippen LogP contribution in [0.25, 0.3) is 0 Å². The maximum Gasteiger partial charge on any atom is 0.313 e. The van der Waals surface area contributed by atoms with Crippen LogP contribution in [0.3, 0.4) is 0 Å². The van der Waals surface area contributed by atoms with Crippen LogP contribution in [-0.2, 0) is 14.3 Å². The summed E-state index contributed by atoms with van der Waals surface area (Å²) in [6.45, 7) is 3.63. The molecule has 0 aromatic heterocycles. The molecule has 0 saturated heterocycles. The lowest BCUT2D eigenvalue weighted by molar-refractivity contribution is -0.160. The summed E-state index contributed by atoms with van der Waals surface area (Å²) in [5, 5.41) is 0. The lowest BCUT2D eigenvalue weighted by atomic mass is 10.0. The summed E-state index contributed by atoms with van der Waals surface area (Å²) in [7, 11) is 0. The second-order valence-electron chi connectivity index (χ2n) is 4.16. The lowest BCUT2D eigenvalue weighted by Crippen LogP contribution is -2.14. The average Bonchev–Trinajstić information content (AvgIpc) is 2.67. The number of carbonyl (C=O) groups is 2. The van der Waals surface area contributed by atoms with Crippen molar-refractivity contribution in [1.29, 1.82) is 0 Å². The molecule has 15 heavy (non-hydrogen) atoms. The van der Waals surface area contributed by atoms with Gasteiger partial charge in [0.1, 0.15) is 0 Å². The van der Waals surface area contributed by atoms with Crippen molar-refractivity contribution >= 4 is 11.9 Å². The molecular weight excluding hydrogens is 192 g/mol. The predicted molar refractivity (Wildman–Crippen MR) is 56.9 cm³/mol. The van der Waals surface area contributed by atoms with Crippen molar-refractivity contribution in [3.8, 4) is 0 Å². The largest absolute Gasteiger partial charge is 0.393 e. The number of esters is 2. The van der Waals surface area contributed by atoms with Crippen LogP contribution in [0.15, 0.2) is 0 Å². The Morgan fingerprint density at radius 1 is 1.20 bits per heavy atom. The third kappa shape index (κ3) is 4.96. The Bertz CT molecular complexity index is 217. The van der Waals surface area contributed by atoms with Gasteiger partial charge in [-0.05, 0) is 25.2 Å². The van der Waals surface area contributed by atoms with Crippen LogP contribution in [0.1, 0.15) is 51.4 Å². The van der Waals surface area contributed by atoms with Crippen LogP contribution in [0.4, 0.5) is 0 Å². The van der Waals surface area contributed by atoms with Crippen LogP contribution in [0.2, 0.25) is 0 Å². The smallest absolute Gasteiger partial charge is 0.313 e. The first-order chi connectivity index (χ1) is 7.22. The van der Waals surface area contributed by atoms with Crippen molar-refractivity contribution < 1.29 is 14.3 Å². The fourth-order valence-electron chi connectivity index (χ4n) is 1.94. The Morgan fingerprint density at radius 2 is 1.87 bits per heavy atom. The van der Waals surface area contributed by atoms with Gasteiger partial charge in [0.05, 0.1) is 0 Å². The summed E-state index contributed by atoms with van der Waals surface area (Å²) in [6.07, 6.45) is 6.71. The minimum atomic E-state index is -0.401. The van der Waals surface area contributed by atoms with Gasteiger partial charge < -0.3 is 4.74 Å². The minimum absolute atomic E-state index is 0.305. The highest BCUT2D eigenvalue weighted by Crippen LogP contribution is 2.27. The van der Waals surface area contributed by atoms with Crippen molar-refractivity contribution in [1.82, 2.24) is 0 Å². The average molecular weight is 211 g/mol. The summed E-state index contributed by atoms with van der Waals surface area (Å²) in [5.74, 6) is -0.309. The van der Waals surface area contributed by atoms with Gasteiger partial charge in [0, 0.05) is 12.8 Å². The quantitative estimate of drug-likeness (QED) is 0.518. The fraction of sp³-hybridized carbons (Fsp3) is 0.750. The van der Waals surface area contributed by atoms with Crippen LogP contribution < -0.4 is 0 Å². The number of unbranched alkanes of at least 4 members (excludes halogenated alkanes) is 1. The Labute approximate surface area is 91.2 Å². The van der Waals surface area contributed by atoms with Crippen molar-refractivity contribution in [2.24, 2.45) is 5.92 Å². The molecule has 0 spiro atoms. The molecule has 3 nitrogen and oxygen atoms in total.